The van der Waals surface area contributed by atoms with E-state index in [1.807, 2.05) is 0 Å². The van der Waals surface area contributed by atoms with Crippen LogP contribution in [0, 0.1) is 5.82 Å². The van der Waals surface area contributed by atoms with Gasteiger partial charge in [-0.3, -0.25) is 0 Å². The summed E-state index contributed by atoms with van der Waals surface area (Å²) >= 11 is 11.0. The third kappa shape index (κ3) is 4.25. The fraction of sp³-hybridized carbons (Fsp3) is 0.214. The van der Waals surface area contributed by atoms with Gasteiger partial charge in [-0.05, 0) is 30.8 Å². The first-order chi connectivity index (χ1) is 10.6. The molecule has 8 heteroatoms. The van der Waals surface area contributed by atoms with Crippen LogP contribution in [0.5, 0.6) is 5.75 Å². The second kappa shape index (κ2) is 7.86. The second-order valence-electron chi connectivity index (χ2n) is 4.25. The van der Waals surface area contributed by atoms with Gasteiger partial charge in [-0.15, -0.1) is 0 Å². The lowest BCUT2D eigenvalue weighted by molar-refractivity contribution is 0.404. The fourth-order valence-electron chi connectivity index (χ4n) is 1.83. The van der Waals surface area contributed by atoms with Crippen molar-refractivity contribution in [3.8, 4) is 5.75 Å². The van der Waals surface area contributed by atoms with Crippen LogP contribution in [0.25, 0.3) is 0 Å². The summed E-state index contributed by atoms with van der Waals surface area (Å²) in [5.41, 5.74) is 0.498. The molecule has 0 bridgehead atoms. The number of hydrogen-bond acceptors (Lipinski definition) is 4. The summed E-state index contributed by atoms with van der Waals surface area (Å²) in [4.78, 5) is 7.89. The molecule has 0 aliphatic rings. The molecule has 0 amide bonds. The first-order valence-corrected chi connectivity index (χ1v) is 7.23. The predicted molar refractivity (Wildman–Crippen MR) is 87.9 cm³/mol. The Labute approximate surface area is 137 Å². The molecule has 2 aromatic rings. The molecule has 2 rings (SSSR count). The maximum absolute atomic E-state index is 13.8. The summed E-state index contributed by atoms with van der Waals surface area (Å²) in [7, 11) is 1.51. The van der Waals surface area contributed by atoms with E-state index in [0.29, 0.717) is 35.2 Å². The quantitative estimate of drug-likeness (QED) is 0.816. The van der Waals surface area contributed by atoms with Crippen molar-refractivity contribution in [2.45, 2.75) is 6.42 Å². The molecule has 2 N–H and O–H groups in total. The molecule has 0 fully saturated rings. The van der Waals surface area contributed by atoms with Crippen LogP contribution in [0.3, 0.4) is 0 Å². The minimum Gasteiger partial charge on any atom is -0.496 e. The number of benzene rings is 1. The number of ether oxygens (including phenoxy) is 1. The summed E-state index contributed by atoms with van der Waals surface area (Å²) in [6.45, 7) is 0.432. The van der Waals surface area contributed by atoms with Crippen LogP contribution in [-0.4, -0.2) is 28.7 Å². The van der Waals surface area contributed by atoms with Crippen LogP contribution in [0.15, 0.2) is 30.6 Å². The molecule has 22 heavy (non-hydrogen) atoms. The molecule has 0 saturated heterocycles. The van der Waals surface area contributed by atoms with Crippen molar-refractivity contribution in [2.24, 2.45) is 0 Å². The number of rotatable bonds is 5. The molecule has 0 radical (unpaired) electrons. The normalized spacial score (nSPS) is 10.1. The molecule has 0 spiro atoms. The smallest absolute Gasteiger partial charge is 0.172 e. The third-order valence-electron chi connectivity index (χ3n) is 2.84. The van der Waals surface area contributed by atoms with Crippen LogP contribution < -0.4 is 15.4 Å². The fourth-order valence-corrected chi connectivity index (χ4v) is 2.18. The van der Waals surface area contributed by atoms with Crippen LogP contribution in [0.2, 0.25) is 5.15 Å². The van der Waals surface area contributed by atoms with Crippen molar-refractivity contribution in [3.05, 3.63) is 47.1 Å². The van der Waals surface area contributed by atoms with Gasteiger partial charge in [0.25, 0.3) is 0 Å². The zero-order chi connectivity index (χ0) is 15.9. The Bertz CT molecular complexity index is 671. The van der Waals surface area contributed by atoms with E-state index in [2.05, 4.69) is 20.6 Å². The highest BCUT2D eigenvalue weighted by Crippen LogP contribution is 2.21. The van der Waals surface area contributed by atoms with E-state index in [9.17, 15) is 4.39 Å². The predicted octanol–water partition coefficient (Wildman–Crippen LogP) is 2.81. The van der Waals surface area contributed by atoms with Gasteiger partial charge in [0, 0.05) is 24.5 Å². The second-order valence-corrected chi connectivity index (χ2v) is 5.01. The topological polar surface area (TPSA) is 59.1 Å². The van der Waals surface area contributed by atoms with E-state index >= 15 is 0 Å². The number of thiocarbonyl (C=S) groups is 1. The maximum atomic E-state index is 13.8. The summed E-state index contributed by atoms with van der Waals surface area (Å²) < 4.78 is 18.9. The molecular weight excluding hydrogens is 327 g/mol. The minimum absolute atomic E-state index is 0.224. The lowest BCUT2D eigenvalue weighted by Gasteiger charge is -2.12. The van der Waals surface area contributed by atoms with Gasteiger partial charge in [0.05, 0.1) is 7.11 Å². The molecule has 0 unspecified atom stereocenters. The zero-order valence-corrected chi connectivity index (χ0v) is 13.3. The zero-order valence-electron chi connectivity index (χ0n) is 11.8. The SMILES string of the molecule is COc1cccc(F)c1CCNC(=S)Nc1nccnc1Cl. The maximum Gasteiger partial charge on any atom is 0.172 e. The first kappa shape index (κ1) is 16.4. The van der Waals surface area contributed by atoms with E-state index in [0.717, 1.165) is 0 Å². The van der Waals surface area contributed by atoms with Crippen molar-refractivity contribution in [2.75, 3.05) is 19.0 Å². The highest BCUT2D eigenvalue weighted by atomic mass is 35.5. The van der Waals surface area contributed by atoms with Crippen molar-refractivity contribution in [1.82, 2.24) is 15.3 Å². The summed E-state index contributed by atoms with van der Waals surface area (Å²) in [5, 5.41) is 6.34. The molecule has 0 atom stereocenters. The molecule has 116 valence electrons. The average molecular weight is 341 g/mol. The van der Waals surface area contributed by atoms with Crippen LogP contribution in [0.4, 0.5) is 10.2 Å². The molecule has 1 aromatic heterocycles. The van der Waals surface area contributed by atoms with Crippen molar-refractivity contribution in [3.63, 3.8) is 0 Å². The van der Waals surface area contributed by atoms with E-state index in [-0.39, 0.29) is 11.0 Å². The highest BCUT2D eigenvalue weighted by molar-refractivity contribution is 7.80. The summed E-state index contributed by atoms with van der Waals surface area (Å²) in [5.74, 6) is 0.569. The van der Waals surface area contributed by atoms with Gasteiger partial charge in [-0.25, -0.2) is 14.4 Å². The van der Waals surface area contributed by atoms with Crippen LogP contribution in [0.1, 0.15) is 5.56 Å². The molecule has 5 nitrogen and oxygen atoms in total. The van der Waals surface area contributed by atoms with E-state index in [1.54, 1.807) is 12.1 Å². The van der Waals surface area contributed by atoms with E-state index in [1.165, 1.54) is 25.6 Å². The van der Waals surface area contributed by atoms with Gasteiger partial charge in [0.15, 0.2) is 16.1 Å². The molecule has 1 heterocycles. The number of methoxy groups -OCH3 is 1. The van der Waals surface area contributed by atoms with Crippen LogP contribution >= 0.6 is 23.8 Å². The Morgan fingerprint density at radius 1 is 1.36 bits per heavy atom. The molecule has 1 aromatic carbocycles. The Balaban J connectivity index is 1.89. The summed E-state index contributed by atoms with van der Waals surface area (Å²) in [6.07, 6.45) is 3.40. The van der Waals surface area contributed by atoms with Crippen molar-refractivity contribution in [1.29, 1.82) is 0 Å². The number of anilines is 1. The highest BCUT2D eigenvalue weighted by Gasteiger charge is 2.09. The number of halogens is 2. The van der Waals surface area contributed by atoms with Crippen LogP contribution in [-0.2, 0) is 6.42 Å². The number of nitrogens with one attached hydrogen (secondary N) is 2. The van der Waals surface area contributed by atoms with Gasteiger partial charge in [0.1, 0.15) is 11.6 Å². The Morgan fingerprint density at radius 2 is 2.14 bits per heavy atom. The van der Waals surface area contributed by atoms with E-state index < -0.39 is 0 Å². The molecule has 0 aliphatic heterocycles. The monoisotopic (exact) mass is 340 g/mol. The van der Waals surface area contributed by atoms with Gasteiger partial charge < -0.3 is 15.4 Å². The first-order valence-electron chi connectivity index (χ1n) is 6.44. The standard InChI is InChI=1S/C14H14ClFN4OS/c1-21-11-4-2-3-10(16)9(11)5-6-19-14(22)20-13-12(15)17-7-8-18-13/h2-4,7-8H,5-6H2,1H3,(H2,18,19,20,22). The molecule has 0 aliphatic carbocycles. The molecular formula is C14H14ClFN4OS. The average Bonchev–Trinajstić information content (AvgIpc) is 2.51. The lowest BCUT2D eigenvalue weighted by atomic mass is 10.1. The minimum atomic E-state index is -0.308. The van der Waals surface area contributed by atoms with Gasteiger partial charge in [-0.1, -0.05) is 17.7 Å². The van der Waals surface area contributed by atoms with Gasteiger partial charge >= 0.3 is 0 Å². The number of hydrogen-bond donors (Lipinski definition) is 2. The largest absolute Gasteiger partial charge is 0.496 e. The number of nitrogens with zero attached hydrogens (tertiary/aromatic N) is 2. The Kier molecular flexibility index (Phi) is 5.85. The molecule has 0 saturated carbocycles. The van der Waals surface area contributed by atoms with Gasteiger partial charge in [0.2, 0.25) is 0 Å². The Morgan fingerprint density at radius 3 is 2.86 bits per heavy atom. The van der Waals surface area contributed by atoms with Crippen molar-refractivity contribution < 1.29 is 9.13 Å². The van der Waals surface area contributed by atoms with Gasteiger partial charge in [-0.2, -0.15) is 0 Å². The Hall–Kier alpha value is -1.99. The van der Waals surface area contributed by atoms with Crippen molar-refractivity contribution >= 4 is 34.7 Å². The third-order valence-corrected chi connectivity index (χ3v) is 3.36. The lowest BCUT2D eigenvalue weighted by Crippen LogP contribution is -2.30. The number of aromatic nitrogens is 2. The van der Waals surface area contributed by atoms with E-state index in [4.69, 9.17) is 28.6 Å². The summed E-state index contributed by atoms with van der Waals surface area (Å²) in [6, 6.07) is 4.72.